The normalized spacial score (nSPS) is 11.7. The van der Waals surface area contributed by atoms with E-state index >= 15 is 0 Å². The Morgan fingerprint density at radius 2 is 1.93 bits per heavy atom. The van der Waals surface area contributed by atoms with E-state index in [-0.39, 0.29) is 18.0 Å². The maximum atomic E-state index is 11.3. The lowest BCUT2D eigenvalue weighted by atomic mass is 10.1. The van der Waals surface area contributed by atoms with E-state index in [0.29, 0.717) is 33.8 Å². The number of carbonyl (C=O) groups is 1. The van der Waals surface area contributed by atoms with Crippen molar-refractivity contribution in [3.63, 3.8) is 0 Å². The minimum atomic E-state index is -1.04. The third kappa shape index (κ3) is 3.91. The number of carboxylic acids is 1. The number of nitro benzene ring substituents is 1. The molecular formula is C21H14N2O6. The summed E-state index contributed by atoms with van der Waals surface area (Å²) in [5.74, 6) is -0.0388. The summed E-state index contributed by atoms with van der Waals surface area (Å²) in [6, 6.07) is 16.5. The Labute approximate surface area is 163 Å². The first-order valence-electron chi connectivity index (χ1n) is 8.62. The molecule has 2 heterocycles. The standard InChI is InChI=1S/C21H14N2O6/c24-20(25)12-14(21-22-17-6-1-2-7-19(17)29-21)11-16-8-9-18(28-16)13-4-3-5-15(10-13)23(26)27/h1-11H,12H2,(H,24,25)/b14-11+. The van der Waals surface area contributed by atoms with Crippen molar-refractivity contribution in [1.82, 2.24) is 4.98 Å². The first-order chi connectivity index (χ1) is 14.0. The lowest BCUT2D eigenvalue weighted by Crippen LogP contribution is -1.97. The second kappa shape index (κ2) is 7.43. The fourth-order valence-corrected chi connectivity index (χ4v) is 2.89. The molecule has 0 radical (unpaired) electrons. The summed E-state index contributed by atoms with van der Waals surface area (Å²) in [7, 11) is 0. The van der Waals surface area contributed by atoms with Crippen LogP contribution in [-0.4, -0.2) is 21.0 Å². The number of carboxylic acid groups (broad SMARTS) is 1. The van der Waals surface area contributed by atoms with Gasteiger partial charge in [0, 0.05) is 23.3 Å². The van der Waals surface area contributed by atoms with Gasteiger partial charge < -0.3 is 13.9 Å². The largest absolute Gasteiger partial charge is 0.481 e. The van der Waals surface area contributed by atoms with Gasteiger partial charge in [-0.05, 0) is 30.3 Å². The highest BCUT2D eigenvalue weighted by molar-refractivity contribution is 5.90. The zero-order valence-corrected chi connectivity index (χ0v) is 14.9. The van der Waals surface area contributed by atoms with Gasteiger partial charge in [-0.2, -0.15) is 0 Å². The molecule has 0 aliphatic rings. The molecule has 8 nitrogen and oxygen atoms in total. The van der Waals surface area contributed by atoms with Crippen LogP contribution in [0.25, 0.3) is 34.1 Å². The van der Waals surface area contributed by atoms with E-state index < -0.39 is 10.9 Å². The molecular weight excluding hydrogens is 376 g/mol. The van der Waals surface area contributed by atoms with E-state index in [0.717, 1.165) is 0 Å². The molecule has 1 N–H and O–H groups in total. The van der Waals surface area contributed by atoms with Gasteiger partial charge in [-0.1, -0.05) is 24.3 Å². The van der Waals surface area contributed by atoms with Gasteiger partial charge in [0.15, 0.2) is 5.58 Å². The van der Waals surface area contributed by atoms with Gasteiger partial charge in [0.2, 0.25) is 5.89 Å². The summed E-state index contributed by atoms with van der Waals surface area (Å²) in [6.07, 6.45) is 1.24. The number of oxazole rings is 1. The quantitative estimate of drug-likeness (QED) is 0.363. The molecule has 0 aliphatic carbocycles. The second-order valence-corrected chi connectivity index (χ2v) is 6.24. The number of furan rings is 1. The van der Waals surface area contributed by atoms with Crippen LogP contribution in [0.2, 0.25) is 0 Å². The number of hydrogen-bond donors (Lipinski definition) is 1. The van der Waals surface area contributed by atoms with Crippen molar-refractivity contribution < 1.29 is 23.7 Å². The molecule has 0 saturated carbocycles. The third-order valence-corrected chi connectivity index (χ3v) is 4.20. The van der Waals surface area contributed by atoms with Crippen LogP contribution in [0.5, 0.6) is 0 Å². The molecule has 0 unspecified atom stereocenters. The number of nitrogens with zero attached hydrogens (tertiary/aromatic N) is 2. The van der Waals surface area contributed by atoms with Gasteiger partial charge in [-0.15, -0.1) is 0 Å². The van der Waals surface area contributed by atoms with E-state index in [4.69, 9.17) is 8.83 Å². The van der Waals surface area contributed by atoms with E-state index in [1.807, 2.05) is 6.07 Å². The monoisotopic (exact) mass is 390 g/mol. The molecule has 0 bridgehead atoms. The molecule has 0 spiro atoms. The van der Waals surface area contributed by atoms with Crippen LogP contribution in [0, 0.1) is 10.1 Å². The summed E-state index contributed by atoms with van der Waals surface area (Å²) in [5, 5.41) is 20.2. The molecule has 144 valence electrons. The van der Waals surface area contributed by atoms with Gasteiger partial charge in [0.05, 0.1) is 11.3 Å². The molecule has 0 saturated heterocycles. The van der Waals surface area contributed by atoms with E-state index in [2.05, 4.69) is 4.98 Å². The third-order valence-electron chi connectivity index (χ3n) is 4.20. The maximum Gasteiger partial charge on any atom is 0.308 e. The smallest absolute Gasteiger partial charge is 0.308 e. The summed E-state index contributed by atoms with van der Waals surface area (Å²) >= 11 is 0. The number of fused-ring (bicyclic) bond motifs is 1. The van der Waals surface area contributed by atoms with Crippen LogP contribution < -0.4 is 0 Å². The van der Waals surface area contributed by atoms with E-state index in [9.17, 15) is 20.0 Å². The van der Waals surface area contributed by atoms with Gasteiger partial charge >= 0.3 is 5.97 Å². The van der Waals surface area contributed by atoms with Crippen molar-refractivity contribution in [3.05, 3.63) is 82.4 Å². The van der Waals surface area contributed by atoms with Gasteiger partial charge in [-0.3, -0.25) is 14.9 Å². The van der Waals surface area contributed by atoms with Crippen LogP contribution >= 0.6 is 0 Å². The number of aromatic nitrogens is 1. The van der Waals surface area contributed by atoms with Crippen molar-refractivity contribution in [2.45, 2.75) is 6.42 Å². The highest BCUT2D eigenvalue weighted by Gasteiger charge is 2.16. The number of para-hydroxylation sites is 2. The average molecular weight is 390 g/mol. The Morgan fingerprint density at radius 1 is 1.10 bits per heavy atom. The molecule has 4 rings (SSSR count). The summed E-state index contributed by atoms with van der Waals surface area (Å²) in [5.41, 5.74) is 2.01. The first kappa shape index (κ1) is 18.2. The molecule has 4 aromatic rings. The average Bonchev–Trinajstić information content (AvgIpc) is 3.34. The summed E-state index contributed by atoms with van der Waals surface area (Å²) < 4.78 is 11.4. The number of benzene rings is 2. The van der Waals surface area contributed by atoms with E-state index in [1.165, 1.54) is 12.1 Å². The first-order valence-corrected chi connectivity index (χ1v) is 8.62. The second-order valence-electron chi connectivity index (χ2n) is 6.24. The Morgan fingerprint density at radius 3 is 2.69 bits per heavy atom. The van der Waals surface area contributed by atoms with Gasteiger partial charge in [0.25, 0.3) is 5.69 Å². The Hall–Kier alpha value is -4.20. The van der Waals surface area contributed by atoms with Crippen LogP contribution in [0.4, 0.5) is 5.69 Å². The zero-order chi connectivity index (χ0) is 20.4. The van der Waals surface area contributed by atoms with Crippen LogP contribution in [0.3, 0.4) is 0 Å². The fourth-order valence-electron chi connectivity index (χ4n) is 2.89. The van der Waals surface area contributed by atoms with Gasteiger partial charge in [0.1, 0.15) is 17.0 Å². The molecule has 8 heteroatoms. The highest BCUT2D eigenvalue weighted by atomic mass is 16.6. The van der Waals surface area contributed by atoms with Crippen LogP contribution in [0.1, 0.15) is 18.1 Å². The topological polar surface area (TPSA) is 120 Å². The number of rotatable bonds is 6. The van der Waals surface area contributed by atoms with Crippen LogP contribution in [-0.2, 0) is 4.79 Å². The fraction of sp³-hybridized carbons (Fsp3) is 0.0476. The van der Waals surface area contributed by atoms with Crippen molar-refractivity contribution in [2.24, 2.45) is 0 Å². The molecule has 0 fully saturated rings. The van der Waals surface area contributed by atoms with Crippen molar-refractivity contribution in [1.29, 1.82) is 0 Å². The van der Waals surface area contributed by atoms with Gasteiger partial charge in [-0.25, -0.2) is 4.98 Å². The Balaban J connectivity index is 1.71. The van der Waals surface area contributed by atoms with Crippen molar-refractivity contribution in [3.8, 4) is 11.3 Å². The highest BCUT2D eigenvalue weighted by Crippen LogP contribution is 2.29. The minimum Gasteiger partial charge on any atom is -0.481 e. The molecule has 0 aliphatic heterocycles. The van der Waals surface area contributed by atoms with Crippen molar-refractivity contribution in [2.75, 3.05) is 0 Å². The SMILES string of the molecule is O=C(O)C/C(=C\c1ccc(-c2cccc([N+](=O)[O-])c2)o1)c1nc2ccccc2o1. The number of non-ortho nitro benzene ring substituents is 1. The number of hydrogen-bond acceptors (Lipinski definition) is 6. The molecule has 0 amide bonds. The molecule has 2 aromatic carbocycles. The van der Waals surface area contributed by atoms with E-state index in [1.54, 1.807) is 48.5 Å². The number of nitro groups is 1. The predicted molar refractivity (Wildman–Crippen MR) is 105 cm³/mol. The van der Waals surface area contributed by atoms with Crippen molar-refractivity contribution >= 4 is 34.4 Å². The minimum absolute atomic E-state index is 0.0472. The predicted octanol–water partition coefficient (Wildman–Crippen LogP) is 5.01. The summed E-state index contributed by atoms with van der Waals surface area (Å²) in [4.78, 5) is 26.1. The number of aliphatic carboxylic acids is 1. The lowest BCUT2D eigenvalue weighted by Gasteiger charge is -1.99. The van der Waals surface area contributed by atoms with Crippen LogP contribution in [0.15, 0.2) is 69.5 Å². The molecule has 2 aromatic heterocycles. The zero-order valence-electron chi connectivity index (χ0n) is 14.9. The lowest BCUT2D eigenvalue weighted by molar-refractivity contribution is -0.384. The maximum absolute atomic E-state index is 11.3. The summed E-state index contributed by atoms with van der Waals surface area (Å²) in [6.45, 7) is 0. The Bertz CT molecular complexity index is 1220. The Kier molecular flexibility index (Phi) is 4.66. The molecule has 29 heavy (non-hydrogen) atoms. The molecule has 0 atom stereocenters.